The summed E-state index contributed by atoms with van der Waals surface area (Å²) in [7, 11) is 2.63. The van der Waals surface area contributed by atoms with E-state index >= 15 is 0 Å². The molecule has 0 fully saturated rings. The van der Waals surface area contributed by atoms with Crippen LogP contribution in [0.5, 0.6) is 0 Å². The molecule has 0 aromatic rings. The van der Waals surface area contributed by atoms with Crippen LogP contribution in [0, 0.1) is 5.92 Å². The predicted molar refractivity (Wildman–Crippen MR) is 142 cm³/mol. The lowest BCUT2D eigenvalue weighted by Gasteiger charge is -2.37. The third-order valence-electron chi connectivity index (χ3n) is 7.33. The summed E-state index contributed by atoms with van der Waals surface area (Å²) in [6.45, 7) is 6.82. The third kappa shape index (κ3) is 13.7. The molecule has 0 aromatic carbocycles. The van der Waals surface area contributed by atoms with E-state index in [0.29, 0.717) is 17.5 Å². The van der Waals surface area contributed by atoms with Crippen LogP contribution in [0.1, 0.15) is 136 Å². The van der Waals surface area contributed by atoms with Crippen molar-refractivity contribution in [3.63, 3.8) is 0 Å². The lowest BCUT2D eigenvalue weighted by molar-refractivity contribution is 0.0967. The second kappa shape index (κ2) is 21.6. The third-order valence-corrected chi connectivity index (χ3v) is 10.8. The maximum absolute atomic E-state index is 6.56. The van der Waals surface area contributed by atoms with Gasteiger partial charge in [-0.15, -0.1) is 0 Å². The minimum atomic E-state index is -2.65. The molecule has 2 N–H and O–H groups in total. The summed E-state index contributed by atoms with van der Waals surface area (Å²) < 4.78 is 17.7. The van der Waals surface area contributed by atoms with Crippen LogP contribution >= 0.6 is 0 Å². The van der Waals surface area contributed by atoms with Gasteiger partial charge >= 0.3 is 8.80 Å². The highest BCUT2D eigenvalue weighted by molar-refractivity contribution is 6.62. The quantitative estimate of drug-likeness (QED) is 0.113. The normalized spacial score (nSPS) is 15.1. The van der Waals surface area contributed by atoms with Crippen LogP contribution in [0.3, 0.4) is 0 Å². The summed E-state index contributed by atoms with van der Waals surface area (Å²) in [5.74, 6) is 0.567. The van der Waals surface area contributed by atoms with Crippen LogP contribution in [0.2, 0.25) is 5.54 Å². The Balaban J connectivity index is 4.61. The zero-order valence-electron chi connectivity index (χ0n) is 22.8. The van der Waals surface area contributed by atoms with Crippen LogP contribution in [0.4, 0.5) is 0 Å². The molecule has 0 heterocycles. The van der Waals surface area contributed by atoms with Crippen molar-refractivity contribution in [2.75, 3.05) is 21.3 Å². The van der Waals surface area contributed by atoms with Crippen LogP contribution in [0.25, 0.3) is 0 Å². The van der Waals surface area contributed by atoms with Gasteiger partial charge in [-0.1, -0.05) is 111 Å². The highest BCUT2D eigenvalue weighted by atomic mass is 28.4. The fourth-order valence-corrected chi connectivity index (χ4v) is 8.06. The number of hydrogen-bond donors (Lipinski definition) is 1. The molecule has 0 radical (unpaired) electrons. The zero-order chi connectivity index (χ0) is 24.1. The summed E-state index contributed by atoms with van der Waals surface area (Å²) in [4.78, 5) is 0. The Labute approximate surface area is 203 Å². The Morgan fingerprint density at radius 3 is 1.44 bits per heavy atom. The maximum Gasteiger partial charge on any atom is 0.503 e. The average molecular weight is 474 g/mol. The van der Waals surface area contributed by atoms with Gasteiger partial charge in [0.05, 0.1) is 0 Å². The molecule has 3 unspecified atom stereocenters. The monoisotopic (exact) mass is 473 g/mol. The van der Waals surface area contributed by atoms with Crippen molar-refractivity contribution in [1.29, 1.82) is 0 Å². The molecule has 0 aliphatic heterocycles. The van der Waals surface area contributed by atoms with Gasteiger partial charge in [0.1, 0.15) is 0 Å². The van der Waals surface area contributed by atoms with E-state index in [1.54, 1.807) is 21.3 Å². The smallest absolute Gasteiger partial charge is 0.377 e. The molecule has 194 valence electrons. The number of unbranched alkanes of at least 4 members (excludes halogenated alkanes) is 11. The molecule has 0 bridgehead atoms. The lowest BCUT2D eigenvalue weighted by Crippen LogP contribution is -2.50. The molecule has 5 heteroatoms. The number of hydrogen-bond acceptors (Lipinski definition) is 4. The second-order valence-corrected chi connectivity index (χ2v) is 13.0. The van der Waals surface area contributed by atoms with E-state index in [4.69, 9.17) is 19.0 Å². The zero-order valence-corrected chi connectivity index (χ0v) is 23.8. The van der Waals surface area contributed by atoms with Gasteiger partial charge in [-0.3, -0.25) is 0 Å². The van der Waals surface area contributed by atoms with Crippen molar-refractivity contribution in [3.8, 4) is 0 Å². The van der Waals surface area contributed by atoms with Crippen LogP contribution in [-0.2, 0) is 13.3 Å². The van der Waals surface area contributed by atoms with Crippen molar-refractivity contribution in [2.24, 2.45) is 11.7 Å². The fourth-order valence-electron chi connectivity index (χ4n) is 5.25. The Kier molecular flexibility index (Phi) is 21.6. The standard InChI is InChI=1S/C27H59NO3Si/c1-7-10-12-14-15-16-18-20-22-26(28)24-23-25(21-19-17-13-11-8-2)27(9-3)32(29-4,30-5)31-6/h25-27H,7-24,28H2,1-6H3. The largest absolute Gasteiger partial charge is 0.503 e. The van der Waals surface area contributed by atoms with E-state index in [2.05, 4.69) is 20.8 Å². The van der Waals surface area contributed by atoms with E-state index in [1.165, 1.54) is 89.9 Å². The summed E-state index contributed by atoms with van der Waals surface area (Å²) in [6, 6.07) is 0.318. The summed E-state index contributed by atoms with van der Waals surface area (Å²) in [6.07, 6.45) is 23.2. The van der Waals surface area contributed by atoms with Gasteiger partial charge in [0.25, 0.3) is 0 Å². The van der Waals surface area contributed by atoms with Crippen molar-refractivity contribution in [1.82, 2.24) is 0 Å². The molecule has 0 aromatic heterocycles. The first-order chi connectivity index (χ1) is 15.5. The summed E-state index contributed by atoms with van der Waals surface area (Å²) in [5, 5.41) is 0. The van der Waals surface area contributed by atoms with Gasteiger partial charge in [-0.25, -0.2) is 0 Å². The molecule has 3 atom stereocenters. The van der Waals surface area contributed by atoms with Gasteiger partial charge in [-0.2, -0.15) is 0 Å². The van der Waals surface area contributed by atoms with E-state index in [1.807, 2.05) is 0 Å². The SMILES string of the molecule is CCCCCCCCCCC(N)CCC(CCCCCCC)C(CC)[Si](OC)(OC)OC. The Morgan fingerprint density at radius 2 is 1.00 bits per heavy atom. The first-order valence-electron chi connectivity index (χ1n) is 14.0. The minimum Gasteiger partial charge on any atom is -0.377 e. The van der Waals surface area contributed by atoms with Gasteiger partial charge in [0.2, 0.25) is 0 Å². The average Bonchev–Trinajstić information content (AvgIpc) is 2.81. The highest BCUT2D eigenvalue weighted by Gasteiger charge is 2.49. The molecular formula is C27H59NO3Si. The Morgan fingerprint density at radius 1 is 0.562 bits per heavy atom. The first kappa shape index (κ1) is 32.1. The topological polar surface area (TPSA) is 53.7 Å². The maximum atomic E-state index is 6.56. The van der Waals surface area contributed by atoms with E-state index in [-0.39, 0.29) is 0 Å². The molecule has 4 nitrogen and oxygen atoms in total. The molecular weight excluding hydrogens is 414 g/mol. The van der Waals surface area contributed by atoms with Crippen LogP contribution < -0.4 is 5.73 Å². The molecule has 0 spiro atoms. The van der Waals surface area contributed by atoms with Crippen LogP contribution in [-0.4, -0.2) is 36.2 Å². The van der Waals surface area contributed by atoms with E-state index in [0.717, 1.165) is 25.7 Å². The van der Waals surface area contributed by atoms with Gasteiger partial charge in [-0.05, 0) is 31.6 Å². The molecule has 0 saturated heterocycles. The second-order valence-electron chi connectivity index (χ2n) is 9.79. The number of nitrogens with two attached hydrogens (primary N) is 1. The molecule has 32 heavy (non-hydrogen) atoms. The van der Waals surface area contributed by atoms with Crippen molar-refractivity contribution >= 4 is 8.80 Å². The summed E-state index contributed by atoms with van der Waals surface area (Å²) in [5.41, 5.74) is 6.91. The van der Waals surface area contributed by atoms with Gasteiger partial charge in [0.15, 0.2) is 0 Å². The lowest BCUT2D eigenvalue weighted by atomic mass is 9.89. The summed E-state index contributed by atoms with van der Waals surface area (Å²) >= 11 is 0. The molecule has 0 saturated carbocycles. The van der Waals surface area contributed by atoms with Crippen LogP contribution in [0.15, 0.2) is 0 Å². The molecule has 0 rings (SSSR count). The van der Waals surface area contributed by atoms with Crippen molar-refractivity contribution in [3.05, 3.63) is 0 Å². The van der Waals surface area contributed by atoms with Crippen molar-refractivity contribution < 1.29 is 13.3 Å². The molecule has 0 aliphatic carbocycles. The predicted octanol–water partition coefficient (Wildman–Crippen LogP) is 8.26. The molecule has 0 amide bonds. The van der Waals surface area contributed by atoms with E-state index < -0.39 is 8.80 Å². The first-order valence-corrected chi connectivity index (χ1v) is 15.8. The van der Waals surface area contributed by atoms with Crippen molar-refractivity contribution in [2.45, 2.75) is 148 Å². The Bertz CT molecular complexity index is 385. The molecule has 0 aliphatic rings. The minimum absolute atomic E-state index is 0.318. The Hall–Kier alpha value is 0.0569. The fraction of sp³-hybridized carbons (Fsp3) is 1.00. The van der Waals surface area contributed by atoms with Gasteiger partial charge in [0, 0.05) is 32.9 Å². The van der Waals surface area contributed by atoms with E-state index in [9.17, 15) is 0 Å². The van der Waals surface area contributed by atoms with Gasteiger partial charge < -0.3 is 19.0 Å². The number of rotatable bonds is 24. The highest BCUT2D eigenvalue weighted by Crippen LogP contribution is 2.40.